The van der Waals surface area contributed by atoms with Gasteiger partial charge in [0.15, 0.2) is 0 Å². The van der Waals surface area contributed by atoms with Gasteiger partial charge in [-0.2, -0.15) is 0 Å². The zero-order chi connectivity index (χ0) is 18.5. The number of hydrogen-bond donors (Lipinski definition) is 2. The van der Waals surface area contributed by atoms with Crippen molar-refractivity contribution in [2.24, 2.45) is 0 Å². The van der Waals surface area contributed by atoms with Crippen molar-refractivity contribution >= 4 is 32.2 Å². The van der Waals surface area contributed by atoms with Crippen molar-refractivity contribution in [1.29, 1.82) is 0 Å². The quantitative estimate of drug-likeness (QED) is 0.316. The maximum atomic E-state index is 12.0. The van der Waals surface area contributed by atoms with Crippen molar-refractivity contribution in [3.63, 3.8) is 0 Å². The second-order valence-corrected chi connectivity index (χ2v) is 11.6. The van der Waals surface area contributed by atoms with Crippen molar-refractivity contribution in [3.05, 3.63) is 33.4 Å². The summed E-state index contributed by atoms with van der Waals surface area (Å²) in [6, 6.07) is 6.75. The molecule has 0 heterocycles. The Morgan fingerprint density at radius 1 is 1.00 bits per heavy atom. The van der Waals surface area contributed by atoms with E-state index in [0.717, 1.165) is 3.57 Å². The number of halogens is 1. The van der Waals surface area contributed by atoms with Crippen molar-refractivity contribution < 1.29 is 24.2 Å². The molecule has 0 aliphatic heterocycles. The number of esters is 1. The van der Waals surface area contributed by atoms with Gasteiger partial charge in [0, 0.05) is 0 Å². The Bertz CT molecular complexity index is 572. The molecule has 6 nitrogen and oxygen atoms in total. The standard InChI is InChI=1S/C17H26INO5/c1-16(2,3)23-14(21)12-7-9-13(10-8-12)18(11-20)19-15(22)24-17(4,5)6/h7-10,20H,11H2,1-6H3,(H,19,22). The summed E-state index contributed by atoms with van der Waals surface area (Å²) >= 11 is -2.33. The second-order valence-electron chi connectivity index (χ2n) is 7.09. The van der Waals surface area contributed by atoms with Gasteiger partial charge >= 0.3 is 151 Å². The Hall–Kier alpha value is -1.35. The van der Waals surface area contributed by atoms with Crippen molar-refractivity contribution in [3.8, 4) is 0 Å². The third kappa shape index (κ3) is 7.48. The summed E-state index contributed by atoms with van der Waals surface area (Å²) in [5.74, 6) is -0.404. The van der Waals surface area contributed by atoms with Crippen molar-refractivity contribution in [2.75, 3.05) is 4.61 Å². The number of benzene rings is 1. The number of hydrogen-bond acceptors (Lipinski definition) is 5. The van der Waals surface area contributed by atoms with Gasteiger partial charge in [0.05, 0.1) is 0 Å². The molecule has 1 amide bonds. The monoisotopic (exact) mass is 451 g/mol. The molecule has 0 radical (unpaired) electrons. The molecule has 0 unspecified atom stereocenters. The van der Waals surface area contributed by atoms with E-state index in [1.807, 2.05) is 0 Å². The topological polar surface area (TPSA) is 84.9 Å². The number of nitrogens with one attached hydrogen (secondary N) is 1. The molecule has 0 bridgehead atoms. The average Bonchev–Trinajstić information content (AvgIpc) is 2.41. The Labute approximate surface area is 150 Å². The molecule has 7 heteroatoms. The van der Waals surface area contributed by atoms with E-state index in [-0.39, 0.29) is 4.61 Å². The van der Waals surface area contributed by atoms with Gasteiger partial charge in [-0.3, -0.25) is 0 Å². The third-order valence-corrected chi connectivity index (χ3v) is 6.45. The molecule has 0 fully saturated rings. The molecule has 1 rings (SSSR count). The molecular weight excluding hydrogens is 425 g/mol. The van der Waals surface area contributed by atoms with Crippen LogP contribution in [0.15, 0.2) is 24.3 Å². The second kappa shape index (κ2) is 8.15. The summed E-state index contributed by atoms with van der Waals surface area (Å²) in [5, 5.41) is 9.57. The van der Waals surface area contributed by atoms with Gasteiger partial charge in [-0.15, -0.1) is 0 Å². The molecule has 0 aromatic heterocycles. The normalized spacial score (nSPS) is 12.4. The van der Waals surface area contributed by atoms with Crippen LogP contribution in [0.25, 0.3) is 0 Å². The van der Waals surface area contributed by atoms with Crippen LogP contribution in [-0.2, 0) is 9.47 Å². The van der Waals surface area contributed by atoms with E-state index in [9.17, 15) is 14.7 Å². The molecule has 1 aromatic carbocycles. The number of aliphatic hydroxyl groups excluding tert-OH is 1. The molecule has 0 saturated carbocycles. The van der Waals surface area contributed by atoms with Gasteiger partial charge in [0.25, 0.3) is 0 Å². The molecule has 0 aliphatic rings. The number of ether oxygens (including phenoxy) is 2. The van der Waals surface area contributed by atoms with Gasteiger partial charge in [0.2, 0.25) is 0 Å². The minimum atomic E-state index is -2.33. The Morgan fingerprint density at radius 3 is 1.92 bits per heavy atom. The van der Waals surface area contributed by atoms with E-state index in [2.05, 4.69) is 3.53 Å². The Morgan fingerprint density at radius 2 is 1.50 bits per heavy atom. The molecule has 0 spiro atoms. The van der Waals surface area contributed by atoms with Crippen LogP contribution in [-0.4, -0.2) is 33.0 Å². The first-order valence-electron chi connectivity index (χ1n) is 7.51. The van der Waals surface area contributed by atoms with Crippen LogP contribution in [0, 0.1) is 3.57 Å². The van der Waals surface area contributed by atoms with E-state index >= 15 is 0 Å². The predicted molar refractivity (Wildman–Crippen MR) is 101 cm³/mol. The molecule has 136 valence electrons. The van der Waals surface area contributed by atoms with Crippen molar-refractivity contribution in [1.82, 2.24) is 3.53 Å². The number of rotatable bonds is 4. The minimum absolute atomic E-state index is 0.130. The van der Waals surface area contributed by atoms with Gasteiger partial charge in [0.1, 0.15) is 0 Å². The number of alkyl halides is 1. The maximum absolute atomic E-state index is 12.0. The number of carbonyl (C=O) groups is 2. The Kier molecular flexibility index (Phi) is 7.03. The van der Waals surface area contributed by atoms with Crippen LogP contribution in [0.1, 0.15) is 51.9 Å². The summed E-state index contributed by atoms with van der Waals surface area (Å²) in [6.45, 7) is 10.7. The van der Waals surface area contributed by atoms with Crippen LogP contribution >= 0.6 is 20.1 Å². The summed E-state index contributed by atoms with van der Waals surface area (Å²) in [6.07, 6.45) is -0.544. The van der Waals surface area contributed by atoms with Crippen molar-refractivity contribution in [2.45, 2.75) is 52.7 Å². The number of aliphatic hydroxyl groups is 1. The van der Waals surface area contributed by atoms with Gasteiger partial charge in [-0.25, -0.2) is 0 Å². The van der Waals surface area contributed by atoms with E-state index < -0.39 is 43.4 Å². The third-order valence-electron chi connectivity index (χ3n) is 2.45. The van der Waals surface area contributed by atoms with E-state index in [1.54, 1.807) is 65.8 Å². The summed E-state index contributed by atoms with van der Waals surface area (Å²) in [4.78, 5) is 23.9. The first-order valence-corrected chi connectivity index (χ1v) is 11.2. The van der Waals surface area contributed by atoms with Gasteiger partial charge in [-0.1, -0.05) is 0 Å². The molecule has 0 saturated heterocycles. The van der Waals surface area contributed by atoms with Crippen LogP contribution in [0.2, 0.25) is 0 Å². The number of carbonyl (C=O) groups excluding carboxylic acids is 2. The molecule has 0 aliphatic carbocycles. The van der Waals surface area contributed by atoms with E-state index in [0.29, 0.717) is 5.56 Å². The fourth-order valence-corrected chi connectivity index (χ4v) is 4.36. The first-order chi connectivity index (χ1) is 10.9. The van der Waals surface area contributed by atoms with Crippen LogP contribution in [0.5, 0.6) is 0 Å². The molecule has 2 N–H and O–H groups in total. The molecule has 1 aromatic rings. The molecule has 0 atom stereocenters. The molecular formula is C17H26INO5. The fraction of sp³-hybridized carbons (Fsp3) is 0.529. The molecule has 24 heavy (non-hydrogen) atoms. The zero-order valence-electron chi connectivity index (χ0n) is 15.0. The fourth-order valence-electron chi connectivity index (χ4n) is 1.62. The average molecular weight is 451 g/mol. The first kappa shape index (κ1) is 20.7. The van der Waals surface area contributed by atoms with E-state index in [1.165, 1.54) is 0 Å². The SMILES string of the molecule is CC(C)(C)OC(=O)NI(CO)c1ccc(C(=O)OC(C)(C)C)cc1. The number of amides is 1. The Balaban J connectivity index is 2.78. The van der Waals surface area contributed by atoms with Gasteiger partial charge in [-0.05, 0) is 0 Å². The van der Waals surface area contributed by atoms with Crippen LogP contribution in [0.4, 0.5) is 4.79 Å². The van der Waals surface area contributed by atoms with Gasteiger partial charge < -0.3 is 0 Å². The summed E-state index contributed by atoms with van der Waals surface area (Å²) < 4.78 is 14.0. The van der Waals surface area contributed by atoms with E-state index in [4.69, 9.17) is 9.47 Å². The van der Waals surface area contributed by atoms with Crippen LogP contribution in [0.3, 0.4) is 0 Å². The summed E-state index contributed by atoms with van der Waals surface area (Å²) in [5.41, 5.74) is -0.723. The summed E-state index contributed by atoms with van der Waals surface area (Å²) in [7, 11) is 0. The van der Waals surface area contributed by atoms with Crippen LogP contribution < -0.4 is 3.53 Å². The predicted octanol–water partition coefficient (Wildman–Crippen LogP) is 3.71. The zero-order valence-corrected chi connectivity index (χ0v) is 17.1.